The number of amides is 3. The average molecular weight is 533 g/mol. The smallest absolute Gasteiger partial charge is 0.329 e. The quantitative estimate of drug-likeness (QED) is 0.197. The Morgan fingerprint density at radius 1 is 0.872 bits per heavy atom. The molecule has 3 aromatic rings. The standard InChI is InChI=1S/C29H32N4O6/c1-5-38-26-15-22(9-13-25(26)39-18-27(34)32-23-10-6-19(2)20(3)14-23)17-31-33-29(36)28(35)30-16-21-7-11-24(37-4)12-8-21/h6-15,17H,5,16,18H2,1-4H3,(H,30,35)(H,32,34)(H,33,36)/b31-17-. The van der Waals surface area contributed by atoms with Crippen molar-refractivity contribution < 1.29 is 28.6 Å². The molecule has 10 heteroatoms. The van der Waals surface area contributed by atoms with E-state index in [9.17, 15) is 14.4 Å². The normalized spacial score (nSPS) is 10.6. The second-order valence-electron chi connectivity index (χ2n) is 8.50. The maximum atomic E-state index is 12.4. The molecule has 10 nitrogen and oxygen atoms in total. The molecule has 0 saturated heterocycles. The number of anilines is 1. The van der Waals surface area contributed by atoms with Crippen LogP contribution < -0.4 is 30.3 Å². The van der Waals surface area contributed by atoms with Crippen LogP contribution in [0.5, 0.6) is 17.2 Å². The van der Waals surface area contributed by atoms with Gasteiger partial charge in [-0.1, -0.05) is 18.2 Å². The summed E-state index contributed by atoms with van der Waals surface area (Å²) < 4.78 is 16.4. The lowest BCUT2D eigenvalue weighted by atomic mass is 10.1. The highest BCUT2D eigenvalue weighted by Gasteiger charge is 2.13. The monoisotopic (exact) mass is 532 g/mol. The highest BCUT2D eigenvalue weighted by Crippen LogP contribution is 2.28. The van der Waals surface area contributed by atoms with Crippen LogP contribution in [0, 0.1) is 13.8 Å². The molecule has 204 valence electrons. The maximum absolute atomic E-state index is 12.4. The largest absolute Gasteiger partial charge is 0.497 e. The molecular formula is C29H32N4O6. The Hall–Kier alpha value is -4.86. The van der Waals surface area contributed by atoms with E-state index in [-0.39, 0.29) is 19.1 Å². The van der Waals surface area contributed by atoms with Gasteiger partial charge in [0.2, 0.25) is 0 Å². The number of methoxy groups -OCH3 is 1. The van der Waals surface area contributed by atoms with Crippen LogP contribution in [0.3, 0.4) is 0 Å². The van der Waals surface area contributed by atoms with Gasteiger partial charge in [0.1, 0.15) is 5.75 Å². The Labute approximate surface area is 227 Å². The highest BCUT2D eigenvalue weighted by molar-refractivity contribution is 6.35. The molecule has 0 unspecified atom stereocenters. The number of aryl methyl sites for hydroxylation is 2. The number of benzene rings is 3. The summed E-state index contributed by atoms with van der Waals surface area (Å²) in [6.45, 7) is 6.15. The van der Waals surface area contributed by atoms with Crippen molar-refractivity contribution in [3.63, 3.8) is 0 Å². The Morgan fingerprint density at radius 2 is 1.64 bits per heavy atom. The third-order valence-corrected chi connectivity index (χ3v) is 5.62. The number of nitrogens with zero attached hydrogens (tertiary/aromatic N) is 1. The fourth-order valence-corrected chi connectivity index (χ4v) is 3.37. The molecular weight excluding hydrogens is 500 g/mol. The lowest BCUT2D eigenvalue weighted by Crippen LogP contribution is -2.37. The van der Waals surface area contributed by atoms with Crippen molar-refractivity contribution in [1.82, 2.24) is 10.7 Å². The first kappa shape index (κ1) is 28.7. The number of ether oxygens (including phenoxy) is 3. The molecule has 39 heavy (non-hydrogen) atoms. The summed E-state index contributed by atoms with van der Waals surface area (Å²) in [5, 5.41) is 9.18. The van der Waals surface area contributed by atoms with Crippen molar-refractivity contribution >= 4 is 29.6 Å². The SMILES string of the molecule is CCOc1cc(/C=N\NC(=O)C(=O)NCc2ccc(OC)cc2)ccc1OCC(=O)Nc1ccc(C)c(C)c1. The van der Waals surface area contributed by atoms with E-state index < -0.39 is 11.8 Å². The van der Waals surface area contributed by atoms with Gasteiger partial charge in [0.25, 0.3) is 5.91 Å². The second-order valence-corrected chi connectivity index (χ2v) is 8.50. The first-order valence-corrected chi connectivity index (χ1v) is 12.3. The molecule has 3 amide bonds. The van der Waals surface area contributed by atoms with Gasteiger partial charge in [-0.15, -0.1) is 0 Å². The van der Waals surface area contributed by atoms with E-state index in [4.69, 9.17) is 14.2 Å². The van der Waals surface area contributed by atoms with Gasteiger partial charge in [0.15, 0.2) is 18.1 Å². The number of hydrazone groups is 1. The molecule has 3 rings (SSSR count). The van der Waals surface area contributed by atoms with Crippen LogP contribution in [0.1, 0.15) is 29.2 Å². The van der Waals surface area contributed by atoms with Crippen molar-refractivity contribution in [2.24, 2.45) is 5.10 Å². The van der Waals surface area contributed by atoms with Gasteiger partial charge in [0, 0.05) is 12.2 Å². The zero-order valence-electron chi connectivity index (χ0n) is 22.4. The lowest BCUT2D eigenvalue weighted by Gasteiger charge is -2.13. The molecule has 0 aliphatic carbocycles. The summed E-state index contributed by atoms with van der Waals surface area (Å²) in [6.07, 6.45) is 1.37. The van der Waals surface area contributed by atoms with Crippen molar-refractivity contribution in [3.8, 4) is 17.2 Å². The van der Waals surface area contributed by atoms with Crippen LogP contribution in [0.25, 0.3) is 0 Å². The molecule has 0 aliphatic rings. The Morgan fingerprint density at radius 3 is 2.33 bits per heavy atom. The Kier molecular flexibility index (Phi) is 10.4. The molecule has 3 aromatic carbocycles. The van der Waals surface area contributed by atoms with Crippen LogP contribution in [-0.4, -0.2) is 44.3 Å². The Bertz CT molecular complexity index is 1340. The minimum atomic E-state index is -0.903. The predicted octanol–water partition coefficient (Wildman–Crippen LogP) is 3.49. The molecule has 0 atom stereocenters. The fourth-order valence-electron chi connectivity index (χ4n) is 3.37. The number of hydrogen-bond acceptors (Lipinski definition) is 7. The summed E-state index contributed by atoms with van der Waals surface area (Å²) in [6, 6.07) is 17.7. The first-order valence-electron chi connectivity index (χ1n) is 12.3. The van der Waals surface area contributed by atoms with E-state index >= 15 is 0 Å². The van der Waals surface area contributed by atoms with Gasteiger partial charge < -0.3 is 24.8 Å². The van der Waals surface area contributed by atoms with E-state index in [1.165, 1.54) is 6.21 Å². The van der Waals surface area contributed by atoms with E-state index in [0.29, 0.717) is 35.1 Å². The molecule has 3 N–H and O–H groups in total. The van der Waals surface area contributed by atoms with Gasteiger partial charge in [0.05, 0.1) is 19.9 Å². The molecule has 0 fully saturated rings. The summed E-state index contributed by atoms with van der Waals surface area (Å²) in [7, 11) is 1.57. The topological polar surface area (TPSA) is 127 Å². The summed E-state index contributed by atoms with van der Waals surface area (Å²) in [5.41, 5.74) is 6.51. The van der Waals surface area contributed by atoms with E-state index in [1.807, 2.05) is 39.0 Å². The summed E-state index contributed by atoms with van der Waals surface area (Å²) in [4.78, 5) is 36.5. The van der Waals surface area contributed by atoms with E-state index in [0.717, 1.165) is 16.7 Å². The first-order chi connectivity index (χ1) is 18.8. The van der Waals surface area contributed by atoms with Gasteiger partial charge in [-0.25, -0.2) is 5.43 Å². The van der Waals surface area contributed by atoms with Gasteiger partial charge in [-0.2, -0.15) is 5.10 Å². The lowest BCUT2D eigenvalue weighted by molar-refractivity contribution is -0.139. The second kappa shape index (κ2) is 14.2. The predicted molar refractivity (Wildman–Crippen MR) is 148 cm³/mol. The molecule has 0 bridgehead atoms. The van der Waals surface area contributed by atoms with Crippen molar-refractivity contribution in [2.75, 3.05) is 25.6 Å². The van der Waals surface area contributed by atoms with Crippen molar-refractivity contribution in [2.45, 2.75) is 27.3 Å². The number of nitrogens with one attached hydrogen (secondary N) is 3. The third-order valence-electron chi connectivity index (χ3n) is 5.62. The summed E-state index contributed by atoms with van der Waals surface area (Å²) in [5.74, 6) is -0.544. The molecule has 0 radical (unpaired) electrons. The van der Waals surface area contributed by atoms with E-state index in [2.05, 4.69) is 21.2 Å². The number of rotatable bonds is 11. The van der Waals surface area contributed by atoms with Crippen LogP contribution in [0.15, 0.2) is 65.8 Å². The van der Waals surface area contributed by atoms with Gasteiger partial charge in [-0.3, -0.25) is 14.4 Å². The van der Waals surface area contributed by atoms with Crippen LogP contribution in [0.2, 0.25) is 0 Å². The average Bonchev–Trinajstić information content (AvgIpc) is 2.93. The zero-order valence-corrected chi connectivity index (χ0v) is 22.4. The summed E-state index contributed by atoms with van der Waals surface area (Å²) >= 11 is 0. The Balaban J connectivity index is 1.51. The van der Waals surface area contributed by atoms with Crippen LogP contribution in [-0.2, 0) is 20.9 Å². The van der Waals surface area contributed by atoms with E-state index in [1.54, 1.807) is 49.6 Å². The van der Waals surface area contributed by atoms with Crippen molar-refractivity contribution in [3.05, 3.63) is 82.9 Å². The van der Waals surface area contributed by atoms with Crippen LogP contribution in [0.4, 0.5) is 5.69 Å². The minimum Gasteiger partial charge on any atom is -0.497 e. The fraction of sp³-hybridized carbons (Fsp3) is 0.241. The maximum Gasteiger partial charge on any atom is 0.329 e. The molecule has 0 spiro atoms. The van der Waals surface area contributed by atoms with Gasteiger partial charge >= 0.3 is 11.8 Å². The van der Waals surface area contributed by atoms with Gasteiger partial charge in [-0.05, 0) is 85.5 Å². The molecule has 0 aromatic heterocycles. The zero-order chi connectivity index (χ0) is 28.2. The molecule has 0 heterocycles. The minimum absolute atomic E-state index is 0.182. The van der Waals surface area contributed by atoms with Crippen LogP contribution >= 0.6 is 0 Å². The highest BCUT2D eigenvalue weighted by atomic mass is 16.5. The number of carbonyl (C=O) groups is 3. The molecule has 0 saturated carbocycles. The van der Waals surface area contributed by atoms with Crippen molar-refractivity contribution in [1.29, 1.82) is 0 Å². The molecule has 0 aliphatic heterocycles. The number of hydrogen-bond donors (Lipinski definition) is 3. The number of carbonyl (C=O) groups excluding carboxylic acids is 3. The third kappa shape index (κ3) is 8.89.